The Morgan fingerprint density at radius 1 is 1.03 bits per heavy atom. The van der Waals surface area contributed by atoms with E-state index in [-0.39, 0.29) is 23.9 Å². The fourth-order valence-electron chi connectivity index (χ4n) is 4.65. The van der Waals surface area contributed by atoms with Crippen molar-refractivity contribution in [3.05, 3.63) is 47.0 Å². The highest BCUT2D eigenvalue weighted by molar-refractivity contribution is 7.22. The molecule has 0 saturated carbocycles. The minimum Gasteiger partial charge on any atom is -0.348 e. The molecule has 10 heteroatoms. The van der Waals surface area contributed by atoms with E-state index < -0.39 is 0 Å². The standard InChI is InChI=1S/C24H28N6O3S/c31-19(26-18-7-3-1-4-8-18)15-30-16-25-21-20(23(30)33)34-24(27-21)29-13-9-17(10-14-29)22(32)28-11-5-2-6-12-28/h1,3-4,7-8,16-17H,2,5-6,9-15H2,(H,26,31). The fraction of sp³-hybridized carbons (Fsp3) is 0.458. The van der Waals surface area contributed by atoms with Crippen LogP contribution in [0, 0.1) is 5.92 Å². The lowest BCUT2D eigenvalue weighted by Crippen LogP contribution is -2.44. The van der Waals surface area contributed by atoms with Gasteiger partial charge in [-0.3, -0.25) is 19.0 Å². The van der Waals surface area contributed by atoms with Crippen molar-refractivity contribution in [1.29, 1.82) is 0 Å². The SMILES string of the molecule is O=C(Cn1cnc2nc(N3CCC(C(=O)N4CCCCC4)CC3)sc2c1=O)Nc1ccccc1. The molecule has 0 bridgehead atoms. The summed E-state index contributed by atoms with van der Waals surface area (Å²) in [7, 11) is 0. The van der Waals surface area contributed by atoms with Crippen LogP contribution in [0.15, 0.2) is 41.5 Å². The quantitative estimate of drug-likeness (QED) is 0.603. The Labute approximate surface area is 201 Å². The molecule has 1 N–H and O–H groups in total. The summed E-state index contributed by atoms with van der Waals surface area (Å²) in [5, 5.41) is 3.53. The van der Waals surface area contributed by atoms with Gasteiger partial charge in [-0.15, -0.1) is 0 Å². The maximum atomic E-state index is 13.0. The van der Waals surface area contributed by atoms with Gasteiger partial charge in [0.15, 0.2) is 10.8 Å². The lowest BCUT2D eigenvalue weighted by molar-refractivity contribution is -0.137. The Bertz CT molecular complexity index is 1230. The fourth-order valence-corrected chi connectivity index (χ4v) is 5.67. The number of aromatic nitrogens is 3. The molecule has 178 valence electrons. The number of nitrogens with one attached hydrogen (secondary N) is 1. The highest BCUT2D eigenvalue weighted by atomic mass is 32.1. The highest BCUT2D eigenvalue weighted by Gasteiger charge is 2.30. The molecule has 2 saturated heterocycles. The molecule has 0 aliphatic carbocycles. The van der Waals surface area contributed by atoms with Crippen molar-refractivity contribution < 1.29 is 9.59 Å². The monoisotopic (exact) mass is 480 g/mol. The zero-order chi connectivity index (χ0) is 23.5. The molecule has 4 heterocycles. The second kappa shape index (κ2) is 9.92. The summed E-state index contributed by atoms with van der Waals surface area (Å²) >= 11 is 1.31. The number of hydrogen-bond donors (Lipinski definition) is 1. The highest BCUT2D eigenvalue weighted by Crippen LogP contribution is 2.30. The molecule has 0 spiro atoms. The van der Waals surface area contributed by atoms with Crippen LogP contribution in [0.1, 0.15) is 32.1 Å². The van der Waals surface area contributed by atoms with Crippen molar-refractivity contribution in [2.75, 3.05) is 36.4 Å². The van der Waals surface area contributed by atoms with Gasteiger partial charge in [0.25, 0.3) is 5.56 Å². The summed E-state index contributed by atoms with van der Waals surface area (Å²) < 4.78 is 1.75. The van der Waals surface area contributed by atoms with Gasteiger partial charge in [0.05, 0.1) is 0 Å². The summed E-state index contributed by atoms with van der Waals surface area (Å²) in [6.45, 7) is 3.12. The van der Waals surface area contributed by atoms with E-state index >= 15 is 0 Å². The Morgan fingerprint density at radius 3 is 2.50 bits per heavy atom. The number of carbonyl (C=O) groups is 2. The lowest BCUT2D eigenvalue weighted by Gasteiger charge is -2.35. The van der Waals surface area contributed by atoms with Crippen molar-refractivity contribution in [2.24, 2.45) is 5.92 Å². The van der Waals surface area contributed by atoms with Gasteiger partial charge in [0, 0.05) is 37.8 Å². The first-order valence-electron chi connectivity index (χ1n) is 11.8. The van der Waals surface area contributed by atoms with Crippen LogP contribution < -0.4 is 15.8 Å². The molecule has 0 radical (unpaired) electrons. The maximum absolute atomic E-state index is 13.0. The number of rotatable bonds is 5. The van der Waals surface area contributed by atoms with E-state index in [4.69, 9.17) is 0 Å². The van der Waals surface area contributed by atoms with Gasteiger partial charge in [-0.1, -0.05) is 29.5 Å². The molecular formula is C24H28N6O3S. The molecule has 2 amide bonds. The normalized spacial score (nSPS) is 17.2. The van der Waals surface area contributed by atoms with Crippen LogP contribution in [-0.2, 0) is 16.1 Å². The minimum absolute atomic E-state index is 0.0715. The second-order valence-corrected chi connectivity index (χ2v) is 9.87. The zero-order valence-corrected chi connectivity index (χ0v) is 19.8. The number of benzene rings is 1. The van der Waals surface area contributed by atoms with Crippen molar-refractivity contribution in [3.63, 3.8) is 0 Å². The van der Waals surface area contributed by atoms with E-state index in [1.165, 1.54) is 28.7 Å². The number of amides is 2. The molecule has 1 aromatic carbocycles. The molecule has 0 unspecified atom stereocenters. The number of carbonyl (C=O) groups excluding carboxylic acids is 2. The smallest absolute Gasteiger partial charge is 0.273 e. The van der Waals surface area contributed by atoms with Gasteiger partial charge < -0.3 is 15.1 Å². The Hall–Kier alpha value is -3.27. The molecule has 0 atom stereocenters. The van der Waals surface area contributed by atoms with Crippen LogP contribution in [0.2, 0.25) is 0 Å². The third-order valence-corrected chi connectivity index (χ3v) is 7.62. The van der Waals surface area contributed by atoms with E-state index in [0.717, 1.165) is 57.0 Å². The molecule has 3 aromatic rings. The average molecular weight is 481 g/mol. The Morgan fingerprint density at radius 2 is 1.76 bits per heavy atom. The van der Waals surface area contributed by atoms with Gasteiger partial charge in [-0.2, -0.15) is 4.98 Å². The first kappa shape index (κ1) is 22.5. The number of hydrogen-bond acceptors (Lipinski definition) is 7. The van der Waals surface area contributed by atoms with E-state index in [9.17, 15) is 14.4 Å². The molecular weight excluding hydrogens is 452 g/mol. The van der Waals surface area contributed by atoms with Crippen molar-refractivity contribution >= 4 is 44.3 Å². The van der Waals surface area contributed by atoms with Gasteiger partial charge in [0.1, 0.15) is 17.6 Å². The third-order valence-electron chi connectivity index (χ3n) is 6.53. The van der Waals surface area contributed by atoms with Crippen molar-refractivity contribution in [2.45, 2.75) is 38.6 Å². The summed E-state index contributed by atoms with van der Waals surface area (Å²) in [6, 6.07) is 9.12. The predicted octanol–water partition coefficient (Wildman–Crippen LogP) is 2.72. The van der Waals surface area contributed by atoms with E-state index in [0.29, 0.717) is 21.9 Å². The Kier molecular flexibility index (Phi) is 6.57. The predicted molar refractivity (Wildman–Crippen MR) is 132 cm³/mol. The average Bonchev–Trinajstić information content (AvgIpc) is 3.32. The van der Waals surface area contributed by atoms with E-state index in [2.05, 4.69) is 20.2 Å². The lowest BCUT2D eigenvalue weighted by atomic mass is 9.94. The summed E-state index contributed by atoms with van der Waals surface area (Å²) in [5.74, 6) is 0.0730. The van der Waals surface area contributed by atoms with Crippen LogP contribution in [0.4, 0.5) is 10.8 Å². The van der Waals surface area contributed by atoms with Crippen LogP contribution >= 0.6 is 11.3 Å². The molecule has 34 heavy (non-hydrogen) atoms. The van der Waals surface area contributed by atoms with Crippen LogP contribution in [-0.4, -0.2) is 57.4 Å². The number of thiazole rings is 1. The van der Waals surface area contributed by atoms with E-state index in [1.54, 1.807) is 12.1 Å². The number of para-hydroxylation sites is 1. The van der Waals surface area contributed by atoms with Gasteiger partial charge >= 0.3 is 0 Å². The molecule has 2 aliphatic heterocycles. The second-order valence-electron chi connectivity index (χ2n) is 8.89. The van der Waals surface area contributed by atoms with Crippen LogP contribution in [0.5, 0.6) is 0 Å². The van der Waals surface area contributed by atoms with Crippen LogP contribution in [0.3, 0.4) is 0 Å². The van der Waals surface area contributed by atoms with Gasteiger partial charge in [-0.05, 0) is 44.2 Å². The van der Waals surface area contributed by atoms with Crippen molar-refractivity contribution in [1.82, 2.24) is 19.4 Å². The van der Waals surface area contributed by atoms with Gasteiger partial charge in [0.2, 0.25) is 11.8 Å². The number of piperidine rings is 2. The zero-order valence-electron chi connectivity index (χ0n) is 19.0. The Balaban J connectivity index is 1.24. The van der Waals surface area contributed by atoms with Crippen LogP contribution in [0.25, 0.3) is 10.3 Å². The number of nitrogens with zero attached hydrogens (tertiary/aromatic N) is 5. The molecule has 2 fully saturated rings. The first-order chi connectivity index (χ1) is 16.6. The van der Waals surface area contributed by atoms with E-state index in [1.807, 2.05) is 23.1 Å². The third kappa shape index (κ3) is 4.82. The summed E-state index contributed by atoms with van der Waals surface area (Å²) in [4.78, 5) is 51.2. The number of anilines is 2. The number of likely N-dealkylation sites (tertiary alicyclic amines) is 1. The van der Waals surface area contributed by atoms with Gasteiger partial charge in [-0.25, -0.2) is 4.98 Å². The molecule has 2 aromatic heterocycles. The molecule has 2 aliphatic rings. The summed E-state index contributed by atoms with van der Waals surface area (Å²) in [6.07, 6.45) is 6.39. The van der Waals surface area contributed by atoms with Crippen molar-refractivity contribution in [3.8, 4) is 0 Å². The largest absolute Gasteiger partial charge is 0.348 e. The topological polar surface area (TPSA) is 100 Å². The minimum atomic E-state index is -0.292. The first-order valence-corrected chi connectivity index (χ1v) is 12.6. The molecule has 5 rings (SSSR count). The number of fused-ring (bicyclic) bond motifs is 1. The maximum Gasteiger partial charge on any atom is 0.273 e. The summed E-state index contributed by atoms with van der Waals surface area (Å²) in [5.41, 5.74) is 0.806. The molecule has 9 nitrogen and oxygen atoms in total.